The Balaban J connectivity index is 1.61. The largest absolute Gasteiger partial charge is 0.427 e. The summed E-state index contributed by atoms with van der Waals surface area (Å²) in [6.45, 7) is 4.41. The Morgan fingerprint density at radius 3 is 2.43 bits per heavy atom. The summed E-state index contributed by atoms with van der Waals surface area (Å²) in [5.74, 6) is 1.37. The molecular formula is C26H34O2. The number of unbranched alkanes of at least 4 members (excludes halogenated alkanes) is 3. The molecule has 0 saturated carbocycles. The lowest BCUT2D eigenvalue weighted by molar-refractivity contribution is -0.134. The third kappa shape index (κ3) is 5.70. The molecular weight excluding hydrogens is 344 g/mol. The molecule has 28 heavy (non-hydrogen) atoms. The van der Waals surface area contributed by atoms with Crippen molar-refractivity contribution in [2.45, 2.75) is 78.1 Å². The maximum atomic E-state index is 11.9. The molecule has 0 fully saturated rings. The number of rotatable bonds is 9. The van der Waals surface area contributed by atoms with E-state index in [4.69, 9.17) is 4.74 Å². The van der Waals surface area contributed by atoms with Gasteiger partial charge in [0.1, 0.15) is 5.75 Å². The maximum absolute atomic E-state index is 11.9. The Morgan fingerprint density at radius 1 is 0.929 bits per heavy atom. The monoisotopic (exact) mass is 378 g/mol. The van der Waals surface area contributed by atoms with E-state index in [0.29, 0.717) is 12.2 Å². The van der Waals surface area contributed by atoms with Crippen LogP contribution in [-0.4, -0.2) is 5.97 Å². The van der Waals surface area contributed by atoms with Gasteiger partial charge in [-0.25, -0.2) is 0 Å². The molecule has 0 aromatic heterocycles. The highest BCUT2D eigenvalue weighted by atomic mass is 16.5. The standard InChI is InChI=1S/C26H34O2/c1-3-5-7-9-26(27)28-25-16-14-21(15-17-25)23-13-12-22-18-20(8-6-4-2)10-11-24(22)19-23/h12-17,19-20H,3-11,18H2,1-2H3. The third-order valence-corrected chi connectivity index (χ3v) is 5.91. The number of carbonyl (C=O) groups is 1. The van der Waals surface area contributed by atoms with Crippen LogP contribution in [0.1, 0.15) is 76.3 Å². The zero-order valence-corrected chi connectivity index (χ0v) is 17.5. The summed E-state index contributed by atoms with van der Waals surface area (Å²) in [7, 11) is 0. The van der Waals surface area contributed by atoms with E-state index in [0.717, 1.165) is 25.2 Å². The molecule has 0 N–H and O–H groups in total. The molecule has 150 valence electrons. The van der Waals surface area contributed by atoms with Crippen LogP contribution in [0.3, 0.4) is 0 Å². The predicted molar refractivity (Wildman–Crippen MR) is 117 cm³/mol. The lowest BCUT2D eigenvalue weighted by Gasteiger charge is -2.25. The van der Waals surface area contributed by atoms with E-state index in [-0.39, 0.29) is 5.97 Å². The molecule has 0 saturated heterocycles. The molecule has 0 heterocycles. The predicted octanol–water partition coefficient (Wildman–Crippen LogP) is 7.13. The molecule has 1 aliphatic rings. The lowest BCUT2D eigenvalue weighted by atomic mass is 9.80. The van der Waals surface area contributed by atoms with E-state index in [2.05, 4.69) is 44.2 Å². The Bertz CT molecular complexity index is 761. The fourth-order valence-electron chi connectivity index (χ4n) is 4.17. The van der Waals surface area contributed by atoms with Crippen molar-refractivity contribution >= 4 is 5.97 Å². The summed E-state index contributed by atoms with van der Waals surface area (Å²) in [5.41, 5.74) is 5.48. The highest BCUT2D eigenvalue weighted by molar-refractivity contribution is 5.73. The highest BCUT2D eigenvalue weighted by Gasteiger charge is 2.18. The van der Waals surface area contributed by atoms with Gasteiger partial charge in [-0.3, -0.25) is 4.79 Å². The third-order valence-electron chi connectivity index (χ3n) is 5.91. The van der Waals surface area contributed by atoms with Crippen LogP contribution < -0.4 is 4.74 Å². The van der Waals surface area contributed by atoms with Crippen molar-refractivity contribution < 1.29 is 9.53 Å². The molecule has 0 aliphatic heterocycles. The van der Waals surface area contributed by atoms with Crippen LogP contribution in [-0.2, 0) is 17.6 Å². The van der Waals surface area contributed by atoms with Gasteiger partial charge in [-0.1, -0.05) is 76.3 Å². The molecule has 2 aromatic rings. The first kappa shape index (κ1) is 20.6. The van der Waals surface area contributed by atoms with Crippen LogP contribution in [0.4, 0.5) is 0 Å². The van der Waals surface area contributed by atoms with Gasteiger partial charge < -0.3 is 4.74 Å². The first-order chi connectivity index (χ1) is 13.7. The first-order valence-electron chi connectivity index (χ1n) is 11.1. The van der Waals surface area contributed by atoms with Gasteiger partial charge in [-0.05, 0) is 66.0 Å². The summed E-state index contributed by atoms with van der Waals surface area (Å²) < 4.78 is 5.45. The molecule has 1 aliphatic carbocycles. The van der Waals surface area contributed by atoms with Crippen LogP contribution in [0.15, 0.2) is 42.5 Å². The van der Waals surface area contributed by atoms with Gasteiger partial charge >= 0.3 is 5.97 Å². The molecule has 2 heteroatoms. The first-order valence-corrected chi connectivity index (χ1v) is 11.1. The zero-order chi connectivity index (χ0) is 19.8. The SMILES string of the molecule is CCCCCC(=O)Oc1ccc(-c2ccc3c(c2)CCC(CCCC)C3)cc1. The molecule has 0 spiro atoms. The van der Waals surface area contributed by atoms with Crippen molar-refractivity contribution in [1.29, 1.82) is 0 Å². The Labute approximate surface area is 170 Å². The van der Waals surface area contributed by atoms with Crippen molar-refractivity contribution in [3.05, 3.63) is 53.6 Å². The van der Waals surface area contributed by atoms with Crippen molar-refractivity contribution in [2.75, 3.05) is 0 Å². The molecule has 2 nitrogen and oxygen atoms in total. The summed E-state index contributed by atoms with van der Waals surface area (Å²) in [5, 5.41) is 0. The Morgan fingerprint density at radius 2 is 1.68 bits per heavy atom. The molecule has 1 unspecified atom stereocenters. The van der Waals surface area contributed by atoms with Crippen molar-refractivity contribution in [3.63, 3.8) is 0 Å². The number of fused-ring (bicyclic) bond motifs is 1. The second-order valence-electron chi connectivity index (χ2n) is 8.19. The maximum Gasteiger partial charge on any atom is 0.311 e. The molecule has 2 aromatic carbocycles. The highest BCUT2D eigenvalue weighted by Crippen LogP contribution is 2.32. The number of aryl methyl sites for hydroxylation is 1. The fourth-order valence-corrected chi connectivity index (χ4v) is 4.17. The second-order valence-corrected chi connectivity index (χ2v) is 8.19. The van der Waals surface area contributed by atoms with Crippen LogP contribution in [0.5, 0.6) is 5.75 Å². The van der Waals surface area contributed by atoms with Crippen LogP contribution in [0, 0.1) is 5.92 Å². The minimum atomic E-state index is -0.132. The van der Waals surface area contributed by atoms with Gasteiger partial charge in [-0.15, -0.1) is 0 Å². The van der Waals surface area contributed by atoms with E-state index in [9.17, 15) is 4.79 Å². The number of hydrogen-bond acceptors (Lipinski definition) is 2. The van der Waals surface area contributed by atoms with E-state index in [1.165, 1.54) is 60.8 Å². The van der Waals surface area contributed by atoms with E-state index >= 15 is 0 Å². The zero-order valence-electron chi connectivity index (χ0n) is 17.5. The van der Waals surface area contributed by atoms with Crippen LogP contribution >= 0.6 is 0 Å². The molecule has 0 amide bonds. The molecule has 0 radical (unpaired) electrons. The quantitative estimate of drug-likeness (QED) is 0.263. The summed E-state index contributed by atoms with van der Waals surface area (Å²) in [6, 6.07) is 14.9. The van der Waals surface area contributed by atoms with E-state index in [1.54, 1.807) is 0 Å². The summed E-state index contributed by atoms with van der Waals surface area (Å²) in [6.07, 6.45) is 11.4. The van der Waals surface area contributed by atoms with E-state index < -0.39 is 0 Å². The average Bonchev–Trinajstić information content (AvgIpc) is 2.72. The number of carbonyl (C=O) groups excluding carboxylic acids is 1. The lowest BCUT2D eigenvalue weighted by Crippen LogP contribution is -2.14. The number of benzene rings is 2. The minimum absolute atomic E-state index is 0.132. The topological polar surface area (TPSA) is 26.3 Å². The molecule has 1 atom stereocenters. The number of hydrogen-bond donors (Lipinski definition) is 0. The number of esters is 1. The van der Waals surface area contributed by atoms with Gasteiger partial charge in [0.05, 0.1) is 0 Å². The molecule has 0 bridgehead atoms. The van der Waals surface area contributed by atoms with E-state index in [1.807, 2.05) is 12.1 Å². The van der Waals surface area contributed by atoms with Crippen molar-refractivity contribution in [3.8, 4) is 16.9 Å². The van der Waals surface area contributed by atoms with Gasteiger partial charge in [0, 0.05) is 6.42 Å². The normalized spacial score (nSPS) is 15.9. The van der Waals surface area contributed by atoms with Crippen molar-refractivity contribution in [2.24, 2.45) is 5.92 Å². The fraction of sp³-hybridized carbons (Fsp3) is 0.500. The average molecular weight is 379 g/mol. The van der Waals surface area contributed by atoms with Crippen molar-refractivity contribution in [1.82, 2.24) is 0 Å². The van der Waals surface area contributed by atoms with Crippen LogP contribution in [0.25, 0.3) is 11.1 Å². The Kier molecular flexibility index (Phi) is 7.71. The number of ether oxygens (including phenoxy) is 1. The van der Waals surface area contributed by atoms with Crippen LogP contribution in [0.2, 0.25) is 0 Å². The second kappa shape index (κ2) is 10.5. The van der Waals surface area contributed by atoms with Gasteiger partial charge in [0.25, 0.3) is 0 Å². The molecule has 3 rings (SSSR count). The summed E-state index contributed by atoms with van der Waals surface area (Å²) in [4.78, 5) is 11.9. The minimum Gasteiger partial charge on any atom is -0.427 e. The van der Waals surface area contributed by atoms with Gasteiger partial charge in [0.2, 0.25) is 0 Å². The summed E-state index contributed by atoms with van der Waals surface area (Å²) >= 11 is 0. The van der Waals surface area contributed by atoms with Gasteiger partial charge in [-0.2, -0.15) is 0 Å². The van der Waals surface area contributed by atoms with Gasteiger partial charge in [0.15, 0.2) is 0 Å². The smallest absolute Gasteiger partial charge is 0.311 e. The Hall–Kier alpha value is -2.09.